The Bertz CT molecular complexity index is 2460. The number of ketones is 2. The Kier molecular flexibility index (Phi) is 12.9. The number of carbonyl (C=O) groups is 7. The number of carboxylic acid groups (broad SMARTS) is 1. The Hall–Kier alpha value is -6.93. The maximum atomic E-state index is 13.7. The summed E-state index contributed by atoms with van der Waals surface area (Å²) in [5, 5.41) is 21.6. The molecule has 62 heavy (non-hydrogen) atoms. The van der Waals surface area contributed by atoms with E-state index in [9.17, 15) is 38.7 Å². The topological polar surface area (TPSA) is 298 Å². The van der Waals surface area contributed by atoms with E-state index in [4.69, 9.17) is 11.5 Å². The average molecular weight is 851 g/mol. The molecular formula is C42H50N12O8. The number of rotatable bonds is 19. The van der Waals surface area contributed by atoms with Crippen molar-refractivity contribution in [3.63, 3.8) is 0 Å². The lowest BCUT2D eigenvalue weighted by Gasteiger charge is -2.30. The van der Waals surface area contributed by atoms with Gasteiger partial charge in [0.05, 0.1) is 40.6 Å². The molecule has 4 amide bonds. The van der Waals surface area contributed by atoms with Crippen molar-refractivity contribution in [3.8, 4) is 0 Å². The number of nitrogen functional groups attached to an aromatic ring is 2. The molecule has 1 fully saturated rings. The fourth-order valence-electron chi connectivity index (χ4n) is 7.44. The number of imide groups is 2. The lowest BCUT2D eigenvalue weighted by Crippen LogP contribution is -2.54. The van der Waals surface area contributed by atoms with E-state index in [1.807, 2.05) is 11.9 Å². The molecule has 4 aromatic rings. The predicted octanol–water partition coefficient (Wildman–Crippen LogP) is 1.85. The molecule has 20 heteroatoms. The van der Waals surface area contributed by atoms with Crippen molar-refractivity contribution in [1.29, 1.82) is 0 Å². The van der Waals surface area contributed by atoms with Crippen LogP contribution in [-0.2, 0) is 25.7 Å². The van der Waals surface area contributed by atoms with Crippen LogP contribution in [0.3, 0.4) is 0 Å². The predicted molar refractivity (Wildman–Crippen MR) is 228 cm³/mol. The smallest absolute Gasteiger partial charge is 0.320 e. The van der Waals surface area contributed by atoms with Gasteiger partial charge in [-0.2, -0.15) is 9.97 Å². The number of aromatic nitrogens is 4. The molecule has 2 atom stereocenters. The number of aliphatic carboxylic acids is 1. The fourth-order valence-corrected chi connectivity index (χ4v) is 7.44. The fraction of sp³-hybridized carbons (Fsp3) is 0.405. The van der Waals surface area contributed by atoms with Crippen molar-refractivity contribution in [2.45, 2.75) is 89.5 Å². The molecule has 0 bridgehead atoms. The number of carboxylic acids is 1. The zero-order chi connectivity index (χ0) is 45.1. The van der Waals surface area contributed by atoms with Crippen molar-refractivity contribution >= 4 is 75.5 Å². The van der Waals surface area contributed by atoms with Crippen molar-refractivity contribution < 1.29 is 38.7 Å². The molecule has 6 rings (SSSR count). The second-order valence-electron chi connectivity index (χ2n) is 16.4. The van der Waals surface area contributed by atoms with Crippen molar-refractivity contribution in [2.75, 3.05) is 41.8 Å². The summed E-state index contributed by atoms with van der Waals surface area (Å²) in [6.07, 6.45) is 2.00. The third-order valence-electron chi connectivity index (χ3n) is 10.9. The van der Waals surface area contributed by atoms with Crippen molar-refractivity contribution in [3.05, 3.63) is 71.0 Å². The summed E-state index contributed by atoms with van der Waals surface area (Å²) in [5.41, 5.74) is 12.4. The molecule has 20 nitrogen and oxygen atoms in total. The quantitative estimate of drug-likeness (QED) is 0.0402. The van der Waals surface area contributed by atoms with Gasteiger partial charge in [-0.1, -0.05) is 6.07 Å². The lowest BCUT2D eigenvalue weighted by atomic mass is 9.90. The van der Waals surface area contributed by atoms with Gasteiger partial charge < -0.3 is 32.1 Å². The Labute approximate surface area is 356 Å². The number of piperidine rings is 1. The van der Waals surface area contributed by atoms with Gasteiger partial charge in [-0.25, -0.2) is 9.97 Å². The van der Waals surface area contributed by atoms with Crippen LogP contribution in [0.15, 0.2) is 48.7 Å². The van der Waals surface area contributed by atoms with Gasteiger partial charge in [-0.05, 0) is 89.9 Å². The maximum absolute atomic E-state index is 13.7. The summed E-state index contributed by atoms with van der Waals surface area (Å²) in [6, 6.07) is 9.39. The SMILES string of the molecule is CN(Cc1cnc2nc(N)nc(N)c2n1)c1ccc(C(=O)C(C)(C)N[C@@H](CCC(=O)C(C)(C)NCCCNc2cccc3c2C(=O)N(C2CCC(=O)NC2=O)C3=O)C(=O)O)cc1. The van der Waals surface area contributed by atoms with Crippen LogP contribution in [0.1, 0.15) is 96.6 Å². The van der Waals surface area contributed by atoms with Crippen molar-refractivity contribution in [1.82, 2.24) is 40.8 Å². The van der Waals surface area contributed by atoms with Gasteiger partial charge in [0.15, 0.2) is 28.5 Å². The molecule has 1 saturated heterocycles. The number of nitrogens with zero attached hydrogens (tertiary/aromatic N) is 6. The van der Waals surface area contributed by atoms with Crippen molar-refractivity contribution in [2.24, 2.45) is 0 Å². The molecule has 2 aliphatic rings. The number of nitrogens with two attached hydrogens (primary N) is 2. The average Bonchev–Trinajstić information content (AvgIpc) is 3.47. The van der Waals surface area contributed by atoms with Gasteiger partial charge in [0.1, 0.15) is 12.1 Å². The number of carbonyl (C=O) groups excluding carboxylic acids is 6. The highest BCUT2D eigenvalue weighted by atomic mass is 16.4. The molecular weight excluding hydrogens is 801 g/mol. The third-order valence-corrected chi connectivity index (χ3v) is 10.9. The van der Waals surface area contributed by atoms with Gasteiger partial charge in [0.25, 0.3) is 11.8 Å². The highest BCUT2D eigenvalue weighted by Gasteiger charge is 2.45. The monoisotopic (exact) mass is 850 g/mol. The summed E-state index contributed by atoms with van der Waals surface area (Å²) in [6.45, 7) is 7.70. The molecule has 2 aromatic carbocycles. The lowest BCUT2D eigenvalue weighted by molar-refractivity contribution is -0.140. The first-order chi connectivity index (χ1) is 29.3. The normalized spacial score (nSPS) is 16.0. The molecule has 0 spiro atoms. The molecule has 4 heterocycles. The Balaban J connectivity index is 0.969. The number of hydrogen-bond donors (Lipinski definition) is 7. The van der Waals surface area contributed by atoms with E-state index in [2.05, 4.69) is 41.2 Å². The van der Waals surface area contributed by atoms with Gasteiger partial charge in [-0.15, -0.1) is 0 Å². The molecule has 0 aliphatic carbocycles. The molecule has 2 aromatic heterocycles. The highest BCUT2D eigenvalue weighted by molar-refractivity contribution is 6.25. The van der Waals surface area contributed by atoms with E-state index in [1.165, 1.54) is 6.07 Å². The summed E-state index contributed by atoms with van der Waals surface area (Å²) in [7, 11) is 1.84. The number of fused-ring (bicyclic) bond motifs is 2. The van der Waals surface area contributed by atoms with Crippen LogP contribution >= 0.6 is 0 Å². The first-order valence-corrected chi connectivity index (χ1v) is 20.1. The van der Waals surface area contributed by atoms with Crippen LogP contribution in [-0.4, -0.2) is 114 Å². The van der Waals surface area contributed by atoms with E-state index in [1.54, 1.807) is 70.3 Å². The van der Waals surface area contributed by atoms with Crippen LogP contribution in [0.5, 0.6) is 0 Å². The van der Waals surface area contributed by atoms with Gasteiger partial charge in [0.2, 0.25) is 17.8 Å². The molecule has 0 radical (unpaired) electrons. The Morgan fingerprint density at radius 3 is 2.39 bits per heavy atom. The van der Waals surface area contributed by atoms with E-state index in [0.29, 0.717) is 48.5 Å². The molecule has 326 valence electrons. The van der Waals surface area contributed by atoms with Crippen LogP contribution in [0.25, 0.3) is 11.2 Å². The Morgan fingerprint density at radius 2 is 1.69 bits per heavy atom. The number of amides is 4. The number of benzene rings is 2. The Morgan fingerprint density at radius 1 is 0.968 bits per heavy atom. The summed E-state index contributed by atoms with van der Waals surface area (Å²) >= 11 is 0. The van der Waals surface area contributed by atoms with E-state index in [-0.39, 0.29) is 65.8 Å². The minimum Gasteiger partial charge on any atom is -0.480 e. The number of nitrogens with one attached hydrogen (secondary N) is 4. The summed E-state index contributed by atoms with van der Waals surface area (Å²) in [5.74, 6) is -3.99. The first kappa shape index (κ1) is 44.6. The number of anilines is 4. The van der Waals surface area contributed by atoms with Crippen LogP contribution in [0, 0.1) is 0 Å². The third kappa shape index (κ3) is 9.66. The molecule has 0 saturated carbocycles. The first-order valence-electron chi connectivity index (χ1n) is 20.1. The largest absolute Gasteiger partial charge is 0.480 e. The van der Waals surface area contributed by atoms with E-state index >= 15 is 0 Å². The molecule has 9 N–H and O–H groups in total. The van der Waals surface area contributed by atoms with Gasteiger partial charge >= 0.3 is 5.97 Å². The minimum absolute atomic E-state index is 0.00359. The van der Waals surface area contributed by atoms with Crippen LogP contribution < -0.4 is 37.6 Å². The second kappa shape index (κ2) is 18.0. The van der Waals surface area contributed by atoms with Gasteiger partial charge in [-0.3, -0.25) is 49.1 Å². The van der Waals surface area contributed by atoms with E-state index in [0.717, 1.165) is 10.6 Å². The van der Waals surface area contributed by atoms with E-state index < -0.39 is 52.8 Å². The highest BCUT2D eigenvalue weighted by Crippen LogP contribution is 2.32. The number of hydrogen-bond acceptors (Lipinski definition) is 17. The minimum atomic E-state index is -1.30. The number of Topliss-reactive ketones (excluding diaryl/α,β-unsaturated/α-hetero) is 2. The zero-order valence-electron chi connectivity index (χ0n) is 35.1. The second-order valence-corrected chi connectivity index (χ2v) is 16.4. The van der Waals surface area contributed by atoms with Crippen LogP contribution in [0.4, 0.5) is 23.1 Å². The molecule has 2 aliphatic heterocycles. The summed E-state index contributed by atoms with van der Waals surface area (Å²) < 4.78 is 0. The maximum Gasteiger partial charge on any atom is 0.320 e. The summed E-state index contributed by atoms with van der Waals surface area (Å²) in [4.78, 5) is 110. The molecule has 1 unspecified atom stereocenters. The van der Waals surface area contributed by atoms with Gasteiger partial charge in [0, 0.05) is 43.4 Å². The standard InChI is InChI=1S/C42H50N12O8/c1-41(2,47-19-7-18-45-26-9-6-8-25-31(26)38(60)54(37(25)59)28-15-17-30(56)49-36(28)58)29(55)16-14-27(39(61)62)52-42(3,4)33(57)22-10-12-24(13-11-22)53(5)21-23-20-46-35-32(48-23)34(43)50-40(44)51-35/h6,8-13,20,27-28,45,47,52H,7,14-19,21H2,1-5H3,(H,61,62)(H,49,56,58)(H4,43,44,46,50,51)/t27-,28?/m0/s1. The zero-order valence-corrected chi connectivity index (χ0v) is 35.1. The van der Waals surface area contributed by atoms with Crippen LogP contribution in [0.2, 0.25) is 0 Å².